The van der Waals surface area contributed by atoms with E-state index in [2.05, 4.69) is 15.0 Å². The number of hydrogen-bond donors (Lipinski definition) is 2. The number of hydrogen-bond acceptors (Lipinski definition) is 4. The van der Waals surface area contributed by atoms with E-state index in [9.17, 15) is 18.0 Å². The first-order valence-electron chi connectivity index (χ1n) is 10.0. The molecule has 33 heavy (non-hydrogen) atoms. The maximum Gasteiger partial charge on any atom is 0.405 e. The fourth-order valence-corrected chi connectivity index (χ4v) is 3.14. The highest BCUT2D eigenvalue weighted by Gasteiger charge is 2.28. The van der Waals surface area contributed by atoms with Gasteiger partial charge in [0.15, 0.2) is 0 Å². The molecule has 9 heteroatoms. The highest BCUT2D eigenvalue weighted by Crippen LogP contribution is 2.23. The molecule has 2 N–H and O–H groups in total. The number of nitrogens with zero attached hydrogens (tertiary/aromatic N) is 2. The van der Waals surface area contributed by atoms with Crippen LogP contribution >= 0.6 is 0 Å². The van der Waals surface area contributed by atoms with Gasteiger partial charge in [-0.25, -0.2) is 4.98 Å². The molecule has 2 aromatic carbocycles. The maximum atomic E-state index is 12.6. The van der Waals surface area contributed by atoms with Crippen molar-refractivity contribution in [3.8, 4) is 5.75 Å². The lowest BCUT2D eigenvalue weighted by Gasteiger charge is -2.12. The molecule has 4 aromatic rings. The van der Waals surface area contributed by atoms with Crippen LogP contribution in [0, 0.1) is 0 Å². The summed E-state index contributed by atoms with van der Waals surface area (Å²) < 4.78 is 43.5. The van der Waals surface area contributed by atoms with Crippen LogP contribution in [0.2, 0.25) is 0 Å². The average Bonchev–Trinajstić information content (AvgIpc) is 3.23. The van der Waals surface area contributed by atoms with Crippen LogP contribution in [0.5, 0.6) is 5.75 Å². The minimum absolute atomic E-state index is 0.0919. The monoisotopic (exact) mass is 452 g/mol. The van der Waals surface area contributed by atoms with Crippen LogP contribution in [0.25, 0.3) is 22.7 Å². The number of amides is 1. The third-order valence-electron chi connectivity index (χ3n) is 4.69. The normalized spacial score (nSPS) is 12.0. The minimum atomic E-state index is -4.51. The van der Waals surface area contributed by atoms with Gasteiger partial charge in [-0.3, -0.25) is 9.78 Å². The number of aromatic amines is 1. The zero-order valence-corrected chi connectivity index (χ0v) is 17.3. The van der Waals surface area contributed by atoms with Gasteiger partial charge in [-0.05, 0) is 53.6 Å². The molecule has 0 aliphatic heterocycles. The molecule has 0 aliphatic carbocycles. The van der Waals surface area contributed by atoms with Gasteiger partial charge >= 0.3 is 6.18 Å². The van der Waals surface area contributed by atoms with E-state index >= 15 is 0 Å². The zero-order valence-electron chi connectivity index (χ0n) is 17.3. The number of imidazole rings is 1. The number of fused-ring (bicyclic) bond motifs is 1. The van der Waals surface area contributed by atoms with Crippen molar-refractivity contribution in [2.75, 3.05) is 6.54 Å². The molecule has 6 nitrogen and oxygen atoms in total. The van der Waals surface area contributed by atoms with Crippen molar-refractivity contribution in [1.29, 1.82) is 0 Å². The van der Waals surface area contributed by atoms with Gasteiger partial charge in [-0.15, -0.1) is 0 Å². The van der Waals surface area contributed by atoms with Crippen molar-refractivity contribution < 1.29 is 22.7 Å². The molecule has 2 aromatic heterocycles. The molecule has 0 unspecified atom stereocenters. The lowest BCUT2D eigenvalue weighted by molar-refractivity contribution is -0.135. The largest absolute Gasteiger partial charge is 0.486 e. The summed E-state index contributed by atoms with van der Waals surface area (Å²) >= 11 is 0. The molecule has 0 fully saturated rings. The number of carbonyl (C=O) groups is 1. The molecule has 0 atom stereocenters. The number of rotatable bonds is 7. The Kier molecular flexibility index (Phi) is 6.39. The van der Waals surface area contributed by atoms with Crippen LogP contribution in [-0.4, -0.2) is 33.6 Å². The number of benzene rings is 2. The molecule has 0 saturated heterocycles. The number of pyridine rings is 1. The Hall–Kier alpha value is -4.14. The van der Waals surface area contributed by atoms with Crippen LogP contribution < -0.4 is 10.1 Å². The van der Waals surface area contributed by atoms with E-state index in [1.807, 2.05) is 29.6 Å². The number of alkyl halides is 3. The maximum absolute atomic E-state index is 12.6. The molecule has 0 bridgehead atoms. The van der Waals surface area contributed by atoms with Gasteiger partial charge in [0.05, 0.1) is 11.0 Å². The number of aromatic nitrogens is 3. The number of carbonyl (C=O) groups excluding carboxylic acids is 1. The molecule has 0 saturated carbocycles. The first kappa shape index (κ1) is 22.1. The van der Waals surface area contributed by atoms with E-state index in [-0.39, 0.29) is 12.2 Å². The zero-order chi connectivity index (χ0) is 23.3. The Labute approximate surface area is 187 Å². The van der Waals surface area contributed by atoms with Gasteiger partial charge in [-0.2, -0.15) is 13.2 Å². The molecule has 2 heterocycles. The van der Waals surface area contributed by atoms with Gasteiger partial charge in [0.2, 0.25) is 0 Å². The van der Waals surface area contributed by atoms with Crippen molar-refractivity contribution in [2.45, 2.75) is 12.8 Å². The summed E-state index contributed by atoms with van der Waals surface area (Å²) in [6.07, 6.45) is 0.0710. The second-order valence-electron chi connectivity index (χ2n) is 7.15. The molecule has 168 valence electrons. The average molecular weight is 452 g/mol. The van der Waals surface area contributed by atoms with Gasteiger partial charge < -0.3 is 15.0 Å². The fourth-order valence-electron chi connectivity index (χ4n) is 3.14. The Bertz CT molecular complexity index is 1230. The lowest BCUT2D eigenvalue weighted by atomic mass is 10.0. The molecular formula is C24H19F3N4O2. The fraction of sp³-hybridized carbons (Fsp3) is 0.125. The van der Waals surface area contributed by atoms with Gasteiger partial charge in [0, 0.05) is 18.0 Å². The highest BCUT2D eigenvalue weighted by molar-refractivity contribution is 6.24. The summed E-state index contributed by atoms with van der Waals surface area (Å²) in [5, 5.41) is 1.92. The quantitative estimate of drug-likeness (QED) is 0.397. The summed E-state index contributed by atoms with van der Waals surface area (Å²) in [5.41, 5.74) is 2.91. The minimum Gasteiger partial charge on any atom is -0.486 e. The number of H-pyrrole nitrogens is 1. The summed E-state index contributed by atoms with van der Waals surface area (Å²) in [6.45, 7) is -1.21. The van der Waals surface area contributed by atoms with Crippen molar-refractivity contribution in [3.05, 3.63) is 90.0 Å². The van der Waals surface area contributed by atoms with Crippen LogP contribution in [0.15, 0.2) is 73.1 Å². The predicted molar refractivity (Wildman–Crippen MR) is 118 cm³/mol. The number of para-hydroxylation sites is 2. The second-order valence-corrected chi connectivity index (χ2v) is 7.15. The van der Waals surface area contributed by atoms with E-state index < -0.39 is 18.6 Å². The van der Waals surface area contributed by atoms with E-state index in [1.54, 1.807) is 36.4 Å². The smallest absolute Gasteiger partial charge is 0.405 e. The molecule has 0 radical (unpaired) electrons. The topological polar surface area (TPSA) is 79.9 Å². The van der Waals surface area contributed by atoms with Crippen LogP contribution in [0.4, 0.5) is 13.2 Å². The van der Waals surface area contributed by atoms with Gasteiger partial charge in [0.1, 0.15) is 24.7 Å². The number of nitrogens with one attached hydrogen (secondary N) is 2. The van der Waals surface area contributed by atoms with Crippen molar-refractivity contribution >= 4 is 28.6 Å². The Morgan fingerprint density at radius 3 is 2.45 bits per heavy atom. The van der Waals surface area contributed by atoms with Crippen molar-refractivity contribution in [1.82, 2.24) is 20.3 Å². The Balaban J connectivity index is 1.50. The Morgan fingerprint density at radius 2 is 1.76 bits per heavy atom. The summed E-state index contributed by atoms with van der Waals surface area (Å²) in [5.74, 6) is 0.350. The summed E-state index contributed by atoms with van der Waals surface area (Å²) in [4.78, 5) is 24.1. The lowest BCUT2D eigenvalue weighted by Crippen LogP contribution is -2.34. The Morgan fingerprint density at radius 1 is 1.03 bits per heavy atom. The van der Waals surface area contributed by atoms with Gasteiger partial charge in [-0.1, -0.05) is 24.3 Å². The standard InChI is InChI=1S/C24H19F3N4O2/c25-24(26,27)15-29-23(32)19(13-16-9-11-28-12-10-16)17-5-7-18(8-6-17)33-14-22-30-20-3-1-2-4-21(20)31-22/h1-13H,14-15H2,(H,29,32)(H,30,31). The first-order chi connectivity index (χ1) is 15.9. The molecule has 4 rings (SSSR count). The van der Waals surface area contributed by atoms with E-state index in [0.717, 1.165) is 11.0 Å². The summed E-state index contributed by atoms with van der Waals surface area (Å²) in [7, 11) is 0. The van der Waals surface area contributed by atoms with E-state index in [0.29, 0.717) is 22.7 Å². The van der Waals surface area contributed by atoms with Crippen molar-refractivity contribution in [2.24, 2.45) is 0 Å². The van der Waals surface area contributed by atoms with Crippen molar-refractivity contribution in [3.63, 3.8) is 0 Å². The van der Waals surface area contributed by atoms with Crippen LogP contribution in [0.1, 0.15) is 17.0 Å². The molecule has 0 spiro atoms. The van der Waals surface area contributed by atoms with Crippen LogP contribution in [-0.2, 0) is 11.4 Å². The SMILES string of the molecule is O=C(NCC(F)(F)F)C(=Cc1ccncc1)c1ccc(OCc2nc3ccccc3[nH]2)cc1. The van der Waals surface area contributed by atoms with Gasteiger partial charge in [0.25, 0.3) is 5.91 Å². The van der Waals surface area contributed by atoms with E-state index in [1.165, 1.54) is 18.5 Å². The predicted octanol–water partition coefficient (Wildman–Crippen LogP) is 4.76. The first-order valence-corrected chi connectivity index (χ1v) is 10.0. The molecule has 0 aliphatic rings. The molecular weight excluding hydrogens is 433 g/mol. The summed E-state index contributed by atoms with van der Waals surface area (Å²) in [6, 6.07) is 17.5. The number of ether oxygens (including phenoxy) is 1. The highest BCUT2D eigenvalue weighted by atomic mass is 19.4. The van der Waals surface area contributed by atoms with Crippen LogP contribution in [0.3, 0.4) is 0 Å². The van der Waals surface area contributed by atoms with E-state index in [4.69, 9.17) is 4.74 Å². The third kappa shape index (κ3) is 5.97. The number of halogens is 3. The third-order valence-corrected chi connectivity index (χ3v) is 4.69. The second kappa shape index (κ2) is 9.56. The molecule has 1 amide bonds.